The highest BCUT2D eigenvalue weighted by Crippen LogP contribution is 2.51. The predicted octanol–water partition coefficient (Wildman–Crippen LogP) is 3.77. The van der Waals surface area contributed by atoms with Crippen molar-refractivity contribution in [1.82, 2.24) is 4.98 Å². The molecule has 16 heavy (non-hydrogen) atoms. The Morgan fingerprint density at radius 2 is 2.00 bits per heavy atom. The molecule has 1 aromatic rings. The van der Waals surface area contributed by atoms with Gasteiger partial charge in [-0.2, -0.15) is 13.2 Å². The molecule has 2 rings (SSSR count). The molecule has 2 nitrogen and oxygen atoms in total. The van der Waals surface area contributed by atoms with E-state index in [2.05, 4.69) is 25.8 Å². The monoisotopic (exact) mass is 290 g/mol. The molecule has 6 heteroatoms. The molecule has 0 unspecified atom stereocenters. The van der Waals surface area contributed by atoms with Crippen LogP contribution in [0.2, 0.25) is 0 Å². The van der Waals surface area contributed by atoms with Crippen LogP contribution in [0.15, 0.2) is 16.6 Å². The SMILES string of the molecule is [C-]#[N+]C1(c2nc(C(F)(F)F)ccc2Br)CC1. The van der Waals surface area contributed by atoms with Crippen LogP contribution in [-0.2, 0) is 11.7 Å². The summed E-state index contributed by atoms with van der Waals surface area (Å²) in [5, 5.41) is 0. The van der Waals surface area contributed by atoms with Gasteiger partial charge in [-0.15, -0.1) is 0 Å². The first-order valence-electron chi connectivity index (χ1n) is 4.52. The molecule has 1 aromatic heterocycles. The first-order valence-corrected chi connectivity index (χ1v) is 5.31. The topological polar surface area (TPSA) is 17.2 Å². The molecular formula is C10H6BrF3N2. The lowest BCUT2D eigenvalue weighted by atomic mass is 10.1. The summed E-state index contributed by atoms with van der Waals surface area (Å²) in [5.41, 5.74) is -1.57. The van der Waals surface area contributed by atoms with Crippen LogP contribution in [0.3, 0.4) is 0 Å². The third-order valence-corrected chi connectivity index (χ3v) is 3.15. The zero-order valence-electron chi connectivity index (χ0n) is 7.98. The Bertz CT molecular complexity index is 472. The normalized spacial score (nSPS) is 17.9. The minimum Gasteiger partial charge on any atom is -0.303 e. The second-order valence-electron chi connectivity index (χ2n) is 3.67. The van der Waals surface area contributed by atoms with Crippen LogP contribution in [0.5, 0.6) is 0 Å². The molecule has 0 N–H and O–H groups in total. The van der Waals surface area contributed by atoms with E-state index in [4.69, 9.17) is 6.57 Å². The number of aromatic nitrogens is 1. The van der Waals surface area contributed by atoms with Gasteiger partial charge in [0.2, 0.25) is 0 Å². The fourth-order valence-electron chi connectivity index (χ4n) is 1.45. The van der Waals surface area contributed by atoms with Crippen molar-refractivity contribution in [2.45, 2.75) is 24.6 Å². The average molecular weight is 291 g/mol. The van der Waals surface area contributed by atoms with Crippen LogP contribution in [0, 0.1) is 6.57 Å². The van der Waals surface area contributed by atoms with Crippen LogP contribution >= 0.6 is 15.9 Å². The number of pyridine rings is 1. The number of hydrogen-bond acceptors (Lipinski definition) is 1. The van der Waals surface area contributed by atoms with E-state index in [9.17, 15) is 13.2 Å². The summed E-state index contributed by atoms with van der Waals surface area (Å²) < 4.78 is 37.8. The number of alkyl halides is 3. The quantitative estimate of drug-likeness (QED) is 0.720. The number of nitrogens with zero attached hydrogens (tertiary/aromatic N) is 2. The van der Waals surface area contributed by atoms with E-state index >= 15 is 0 Å². The predicted molar refractivity (Wildman–Crippen MR) is 54.5 cm³/mol. The molecule has 0 saturated heterocycles. The minimum atomic E-state index is -4.46. The summed E-state index contributed by atoms with van der Waals surface area (Å²) in [6.07, 6.45) is -3.32. The van der Waals surface area contributed by atoms with Gasteiger partial charge in [0.25, 0.3) is 5.54 Å². The van der Waals surface area contributed by atoms with Gasteiger partial charge in [-0.1, -0.05) is 0 Å². The van der Waals surface area contributed by atoms with Gasteiger partial charge in [0.15, 0.2) is 0 Å². The summed E-state index contributed by atoms with van der Waals surface area (Å²) in [4.78, 5) is 6.94. The van der Waals surface area contributed by atoms with Gasteiger partial charge in [-0.3, -0.25) is 0 Å². The van der Waals surface area contributed by atoms with Crippen LogP contribution < -0.4 is 0 Å². The number of rotatable bonds is 1. The first kappa shape index (κ1) is 11.4. The maximum Gasteiger partial charge on any atom is 0.433 e. The van der Waals surface area contributed by atoms with Crippen molar-refractivity contribution in [3.8, 4) is 0 Å². The fourth-order valence-corrected chi connectivity index (χ4v) is 2.04. The van der Waals surface area contributed by atoms with E-state index in [-0.39, 0.29) is 5.69 Å². The molecule has 1 fully saturated rings. The molecule has 0 atom stereocenters. The second kappa shape index (κ2) is 3.45. The lowest BCUT2D eigenvalue weighted by Gasteiger charge is -2.09. The first-order chi connectivity index (χ1) is 7.39. The van der Waals surface area contributed by atoms with E-state index < -0.39 is 17.4 Å². The zero-order chi connectivity index (χ0) is 12.0. The Labute approximate surface area is 98.4 Å². The highest BCUT2D eigenvalue weighted by Gasteiger charge is 2.55. The number of halogens is 4. The van der Waals surface area contributed by atoms with Gasteiger partial charge in [0.05, 0.1) is 0 Å². The zero-order valence-corrected chi connectivity index (χ0v) is 9.56. The third kappa shape index (κ3) is 1.80. The maximum absolute atomic E-state index is 12.5. The summed E-state index contributed by atoms with van der Waals surface area (Å²) in [6, 6.07) is 2.21. The second-order valence-corrected chi connectivity index (χ2v) is 4.52. The Balaban J connectivity index is 2.51. The molecule has 0 aliphatic heterocycles. The van der Waals surface area contributed by atoms with Crippen LogP contribution in [-0.4, -0.2) is 4.98 Å². The Morgan fingerprint density at radius 1 is 1.38 bits per heavy atom. The fraction of sp³-hybridized carbons (Fsp3) is 0.400. The van der Waals surface area contributed by atoms with E-state index in [0.717, 1.165) is 6.07 Å². The molecule has 0 bridgehead atoms. The lowest BCUT2D eigenvalue weighted by molar-refractivity contribution is -0.141. The molecule has 0 radical (unpaired) electrons. The Hall–Kier alpha value is -1.09. The minimum absolute atomic E-state index is 0.206. The molecule has 0 spiro atoms. The van der Waals surface area contributed by atoms with Gasteiger partial charge >= 0.3 is 6.18 Å². The molecular weight excluding hydrogens is 285 g/mol. The van der Waals surface area contributed by atoms with E-state index in [1.54, 1.807) is 0 Å². The van der Waals surface area contributed by atoms with Crippen molar-refractivity contribution >= 4 is 15.9 Å². The van der Waals surface area contributed by atoms with Crippen molar-refractivity contribution in [3.05, 3.63) is 39.4 Å². The van der Waals surface area contributed by atoms with Gasteiger partial charge < -0.3 is 4.85 Å². The molecule has 84 valence electrons. The summed E-state index contributed by atoms with van der Waals surface area (Å²) in [5.74, 6) is 0. The summed E-state index contributed by atoms with van der Waals surface area (Å²) >= 11 is 3.14. The summed E-state index contributed by atoms with van der Waals surface area (Å²) in [6.45, 7) is 7.01. The Morgan fingerprint density at radius 3 is 2.44 bits per heavy atom. The van der Waals surface area contributed by atoms with Gasteiger partial charge in [0.1, 0.15) is 11.4 Å². The largest absolute Gasteiger partial charge is 0.433 e. The summed E-state index contributed by atoms with van der Waals surface area (Å²) in [7, 11) is 0. The lowest BCUT2D eigenvalue weighted by Crippen LogP contribution is -2.13. The third-order valence-electron chi connectivity index (χ3n) is 2.51. The van der Waals surface area contributed by atoms with Crippen LogP contribution in [0.1, 0.15) is 24.2 Å². The van der Waals surface area contributed by atoms with Crippen molar-refractivity contribution in [1.29, 1.82) is 0 Å². The van der Waals surface area contributed by atoms with Gasteiger partial charge in [-0.05, 0) is 28.1 Å². The van der Waals surface area contributed by atoms with Crippen molar-refractivity contribution < 1.29 is 13.2 Å². The molecule has 1 aliphatic rings. The van der Waals surface area contributed by atoms with E-state index in [0.29, 0.717) is 17.3 Å². The highest BCUT2D eigenvalue weighted by atomic mass is 79.9. The van der Waals surface area contributed by atoms with Gasteiger partial charge in [0, 0.05) is 17.3 Å². The molecule has 0 amide bonds. The van der Waals surface area contributed by atoms with Crippen molar-refractivity contribution in [2.24, 2.45) is 0 Å². The highest BCUT2D eigenvalue weighted by molar-refractivity contribution is 9.10. The molecule has 1 saturated carbocycles. The van der Waals surface area contributed by atoms with Crippen LogP contribution in [0.25, 0.3) is 4.85 Å². The van der Waals surface area contributed by atoms with Gasteiger partial charge in [-0.25, -0.2) is 11.6 Å². The van der Waals surface area contributed by atoms with Crippen molar-refractivity contribution in [2.75, 3.05) is 0 Å². The van der Waals surface area contributed by atoms with Crippen LogP contribution in [0.4, 0.5) is 13.2 Å². The average Bonchev–Trinajstić information content (AvgIpc) is 2.97. The molecule has 1 aliphatic carbocycles. The number of hydrogen-bond donors (Lipinski definition) is 0. The maximum atomic E-state index is 12.5. The van der Waals surface area contributed by atoms with E-state index in [1.165, 1.54) is 6.07 Å². The standard InChI is InChI=1S/C10H6BrF3N2/c1-15-9(4-5-9)8-6(11)2-3-7(16-8)10(12,13)14/h2-3H,4-5H2. The molecule has 1 heterocycles. The molecule has 0 aromatic carbocycles. The smallest absolute Gasteiger partial charge is 0.303 e. The van der Waals surface area contributed by atoms with Crippen molar-refractivity contribution in [3.63, 3.8) is 0 Å². The van der Waals surface area contributed by atoms with E-state index in [1.807, 2.05) is 0 Å². The Kier molecular flexibility index (Phi) is 2.46.